The molecule has 2 aromatic carbocycles. The van der Waals surface area contributed by atoms with Crippen molar-refractivity contribution >= 4 is 11.6 Å². The third kappa shape index (κ3) is 3.03. The van der Waals surface area contributed by atoms with Gasteiger partial charge in [-0.25, -0.2) is 0 Å². The van der Waals surface area contributed by atoms with Crippen LogP contribution in [0.2, 0.25) is 0 Å². The van der Waals surface area contributed by atoms with E-state index in [1.165, 1.54) is 0 Å². The van der Waals surface area contributed by atoms with Gasteiger partial charge in [0.2, 0.25) is 0 Å². The first-order valence-electron chi connectivity index (χ1n) is 6.76. The number of carbonyl (C=O) groups is 1. The van der Waals surface area contributed by atoms with E-state index < -0.39 is 0 Å². The Hall–Kier alpha value is -2.81. The number of carbonyl (C=O) groups excluding carboxylic acids is 1. The molecule has 3 nitrogen and oxygen atoms in total. The summed E-state index contributed by atoms with van der Waals surface area (Å²) >= 11 is 0. The van der Waals surface area contributed by atoms with E-state index >= 15 is 0 Å². The number of benzene rings is 2. The first-order chi connectivity index (χ1) is 10.2. The average Bonchev–Trinajstić information content (AvgIpc) is 2.98. The third-order valence-electron chi connectivity index (χ3n) is 3.16. The Labute approximate surface area is 123 Å². The van der Waals surface area contributed by atoms with Crippen LogP contribution < -0.4 is 5.32 Å². The fourth-order valence-electron chi connectivity index (χ4n) is 2.13. The second-order valence-corrected chi connectivity index (χ2v) is 4.85. The van der Waals surface area contributed by atoms with E-state index in [1.54, 1.807) is 12.1 Å². The van der Waals surface area contributed by atoms with Crippen molar-refractivity contribution in [2.45, 2.75) is 6.92 Å². The number of rotatable bonds is 3. The molecule has 0 saturated carbocycles. The molecule has 0 saturated heterocycles. The van der Waals surface area contributed by atoms with E-state index in [9.17, 15) is 4.79 Å². The monoisotopic (exact) mass is 277 g/mol. The summed E-state index contributed by atoms with van der Waals surface area (Å²) < 4.78 is 5.62. The van der Waals surface area contributed by atoms with Gasteiger partial charge in [-0.05, 0) is 36.8 Å². The van der Waals surface area contributed by atoms with Gasteiger partial charge in [-0.15, -0.1) is 0 Å². The molecule has 1 N–H and O–H groups in total. The van der Waals surface area contributed by atoms with Crippen molar-refractivity contribution in [2.75, 3.05) is 5.32 Å². The lowest BCUT2D eigenvalue weighted by Gasteiger charge is -2.03. The third-order valence-corrected chi connectivity index (χ3v) is 3.16. The summed E-state index contributed by atoms with van der Waals surface area (Å²) in [7, 11) is 0. The maximum absolute atomic E-state index is 12.2. The van der Waals surface area contributed by atoms with Crippen LogP contribution in [0.5, 0.6) is 0 Å². The molecule has 1 amide bonds. The highest BCUT2D eigenvalue weighted by Crippen LogP contribution is 2.22. The SMILES string of the molecule is Cc1cccc(NC(=O)c2ccc(-c3ccccc3)o2)c1. The van der Waals surface area contributed by atoms with Crippen LogP contribution in [0.4, 0.5) is 5.69 Å². The van der Waals surface area contributed by atoms with E-state index in [0.29, 0.717) is 11.5 Å². The van der Waals surface area contributed by atoms with Gasteiger partial charge >= 0.3 is 0 Å². The molecule has 0 spiro atoms. The minimum atomic E-state index is -0.247. The lowest BCUT2D eigenvalue weighted by molar-refractivity contribution is 0.0997. The van der Waals surface area contributed by atoms with Crippen LogP contribution in [0.25, 0.3) is 11.3 Å². The maximum atomic E-state index is 12.2. The molecule has 0 aliphatic carbocycles. The van der Waals surface area contributed by atoms with Gasteiger partial charge in [0.25, 0.3) is 5.91 Å². The molecule has 1 aromatic heterocycles. The summed E-state index contributed by atoms with van der Waals surface area (Å²) in [5.41, 5.74) is 2.81. The Morgan fingerprint density at radius 2 is 1.76 bits per heavy atom. The van der Waals surface area contributed by atoms with Gasteiger partial charge in [0.05, 0.1) is 0 Å². The number of anilines is 1. The van der Waals surface area contributed by atoms with Crippen LogP contribution in [-0.4, -0.2) is 5.91 Å². The van der Waals surface area contributed by atoms with Gasteiger partial charge in [0, 0.05) is 11.3 Å². The molecule has 3 rings (SSSR count). The van der Waals surface area contributed by atoms with Gasteiger partial charge < -0.3 is 9.73 Å². The van der Waals surface area contributed by atoms with Crippen LogP contribution in [0.3, 0.4) is 0 Å². The molecular formula is C18H15NO2. The molecule has 0 aliphatic rings. The highest BCUT2D eigenvalue weighted by Gasteiger charge is 2.12. The lowest BCUT2D eigenvalue weighted by atomic mass is 10.2. The quantitative estimate of drug-likeness (QED) is 0.765. The Balaban J connectivity index is 1.78. The largest absolute Gasteiger partial charge is 0.451 e. The normalized spacial score (nSPS) is 10.3. The van der Waals surface area contributed by atoms with Gasteiger partial charge in [-0.1, -0.05) is 42.5 Å². The van der Waals surface area contributed by atoms with Crippen LogP contribution >= 0.6 is 0 Å². The number of aryl methyl sites for hydroxylation is 1. The molecule has 0 fully saturated rings. The Morgan fingerprint density at radius 3 is 2.52 bits per heavy atom. The average molecular weight is 277 g/mol. The van der Waals surface area contributed by atoms with E-state index in [4.69, 9.17) is 4.42 Å². The van der Waals surface area contributed by atoms with Gasteiger partial charge in [-0.3, -0.25) is 4.79 Å². The van der Waals surface area contributed by atoms with Gasteiger partial charge in [0.1, 0.15) is 5.76 Å². The number of amides is 1. The Kier molecular flexibility index (Phi) is 3.56. The zero-order chi connectivity index (χ0) is 14.7. The first kappa shape index (κ1) is 13.2. The minimum Gasteiger partial charge on any atom is -0.451 e. The van der Waals surface area contributed by atoms with Crippen LogP contribution in [0.1, 0.15) is 16.1 Å². The van der Waals surface area contributed by atoms with Crippen molar-refractivity contribution in [1.82, 2.24) is 0 Å². The van der Waals surface area contributed by atoms with Crippen molar-refractivity contribution in [3.8, 4) is 11.3 Å². The summed E-state index contributed by atoms with van der Waals surface area (Å²) in [6, 6.07) is 20.9. The number of hydrogen-bond donors (Lipinski definition) is 1. The summed E-state index contributed by atoms with van der Waals surface area (Å²) in [6.45, 7) is 1.98. The van der Waals surface area contributed by atoms with E-state index in [0.717, 1.165) is 16.8 Å². The molecular weight excluding hydrogens is 262 g/mol. The van der Waals surface area contributed by atoms with E-state index in [1.807, 2.05) is 61.5 Å². The predicted molar refractivity (Wildman–Crippen MR) is 83.3 cm³/mol. The Morgan fingerprint density at radius 1 is 0.952 bits per heavy atom. The fraction of sp³-hybridized carbons (Fsp3) is 0.0556. The molecule has 0 unspecified atom stereocenters. The molecule has 104 valence electrons. The van der Waals surface area contributed by atoms with Gasteiger partial charge in [-0.2, -0.15) is 0 Å². The molecule has 21 heavy (non-hydrogen) atoms. The van der Waals surface area contributed by atoms with Crippen molar-refractivity contribution < 1.29 is 9.21 Å². The topological polar surface area (TPSA) is 42.2 Å². The zero-order valence-corrected chi connectivity index (χ0v) is 11.7. The summed E-state index contributed by atoms with van der Waals surface area (Å²) in [6.07, 6.45) is 0. The molecule has 0 atom stereocenters. The highest BCUT2D eigenvalue weighted by molar-refractivity contribution is 6.02. The van der Waals surface area contributed by atoms with E-state index in [2.05, 4.69) is 5.32 Å². The molecule has 3 heteroatoms. The van der Waals surface area contributed by atoms with Crippen molar-refractivity contribution in [2.24, 2.45) is 0 Å². The highest BCUT2D eigenvalue weighted by atomic mass is 16.3. The second-order valence-electron chi connectivity index (χ2n) is 4.85. The van der Waals surface area contributed by atoms with Crippen molar-refractivity contribution in [3.05, 3.63) is 78.1 Å². The fourth-order valence-corrected chi connectivity index (χ4v) is 2.13. The van der Waals surface area contributed by atoms with Crippen LogP contribution in [0.15, 0.2) is 71.1 Å². The predicted octanol–water partition coefficient (Wildman–Crippen LogP) is 4.51. The zero-order valence-electron chi connectivity index (χ0n) is 11.7. The van der Waals surface area contributed by atoms with Crippen LogP contribution in [0, 0.1) is 6.92 Å². The summed E-state index contributed by atoms with van der Waals surface area (Å²) in [5.74, 6) is 0.739. The smallest absolute Gasteiger partial charge is 0.291 e. The molecule has 0 bridgehead atoms. The standard InChI is InChI=1S/C18H15NO2/c1-13-6-5-9-15(12-13)19-18(20)17-11-10-16(21-17)14-7-3-2-4-8-14/h2-12H,1H3,(H,19,20). The van der Waals surface area contributed by atoms with Crippen LogP contribution in [-0.2, 0) is 0 Å². The lowest BCUT2D eigenvalue weighted by Crippen LogP contribution is -2.10. The molecule has 3 aromatic rings. The summed E-state index contributed by atoms with van der Waals surface area (Å²) in [5, 5.41) is 2.83. The number of furan rings is 1. The number of hydrogen-bond acceptors (Lipinski definition) is 2. The van der Waals surface area contributed by atoms with Gasteiger partial charge in [0.15, 0.2) is 5.76 Å². The minimum absolute atomic E-state index is 0.247. The van der Waals surface area contributed by atoms with Crippen molar-refractivity contribution in [3.63, 3.8) is 0 Å². The second kappa shape index (κ2) is 5.67. The number of nitrogens with one attached hydrogen (secondary N) is 1. The summed E-state index contributed by atoms with van der Waals surface area (Å²) in [4.78, 5) is 12.2. The molecule has 0 radical (unpaired) electrons. The molecule has 0 aliphatic heterocycles. The van der Waals surface area contributed by atoms with E-state index in [-0.39, 0.29) is 5.91 Å². The van der Waals surface area contributed by atoms with Crippen molar-refractivity contribution in [1.29, 1.82) is 0 Å². The maximum Gasteiger partial charge on any atom is 0.291 e. The first-order valence-corrected chi connectivity index (χ1v) is 6.76. The Bertz CT molecular complexity index is 760. The molecule has 1 heterocycles.